The SMILES string of the molecule is CCCOC1CCCN(C(=O)Nc2ccc3c(C)cc(=O)oc3c2)C1. The molecule has 3 rings (SSSR count). The third kappa shape index (κ3) is 4.20. The first-order valence-corrected chi connectivity index (χ1v) is 8.79. The largest absolute Gasteiger partial charge is 0.423 e. The smallest absolute Gasteiger partial charge is 0.336 e. The minimum atomic E-state index is -0.388. The number of ether oxygens (including phenoxy) is 1. The first kappa shape index (κ1) is 17.5. The third-order valence-corrected chi connectivity index (χ3v) is 4.43. The summed E-state index contributed by atoms with van der Waals surface area (Å²) in [4.78, 5) is 25.8. The van der Waals surface area contributed by atoms with Gasteiger partial charge in [0.2, 0.25) is 0 Å². The van der Waals surface area contributed by atoms with Gasteiger partial charge in [-0.05, 0) is 43.9 Å². The summed E-state index contributed by atoms with van der Waals surface area (Å²) in [7, 11) is 0. The number of likely N-dealkylation sites (tertiary alicyclic amines) is 1. The molecule has 1 N–H and O–H groups in total. The number of nitrogens with one attached hydrogen (secondary N) is 1. The van der Waals surface area contributed by atoms with Crippen molar-refractivity contribution in [3.8, 4) is 0 Å². The van der Waals surface area contributed by atoms with Gasteiger partial charge in [-0.2, -0.15) is 0 Å². The minimum absolute atomic E-state index is 0.108. The average molecular weight is 344 g/mol. The molecule has 1 aliphatic heterocycles. The molecule has 1 unspecified atom stereocenters. The van der Waals surface area contributed by atoms with Crippen LogP contribution in [0.1, 0.15) is 31.7 Å². The van der Waals surface area contributed by atoms with E-state index in [4.69, 9.17) is 9.15 Å². The monoisotopic (exact) mass is 344 g/mol. The van der Waals surface area contributed by atoms with Crippen molar-refractivity contribution >= 4 is 22.7 Å². The number of rotatable bonds is 4. The maximum absolute atomic E-state index is 12.5. The Morgan fingerprint density at radius 3 is 3.04 bits per heavy atom. The zero-order chi connectivity index (χ0) is 17.8. The highest BCUT2D eigenvalue weighted by Crippen LogP contribution is 2.21. The van der Waals surface area contributed by atoms with Crippen LogP contribution in [0.2, 0.25) is 0 Å². The predicted molar refractivity (Wildman–Crippen MR) is 97.1 cm³/mol. The molecule has 134 valence electrons. The van der Waals surface area contributed by atoms with Gasteiger partial charge in [0.05, 0.1) is 6.10 Å². The topological polar surface area (TPSA) is 71.8 Å². The number of hydrogen-bond acceptors (Lipinski definition) is 4. The highest BCUT2D eigenvalue weighted by molar-refractivity contribution is 5.92. The molecule has 2 heterocycles. The van der Waals surface area contributed by atoms with Gasteiger partial charge in [-0.3, -0.25) is 0 Å². The minimum Gasteiger partial charge on any atom is -0.423 e. The van der Waals surface area contributed by atoms with Crippen molar-refractivity contribution in [2.75, 3.05) is 25.0 Å². The van der Waals surface area contributed by atoms with E-state index in [2.05, 4.69) is 12.2 Å². The van der Waals surface area contributed by atoms with Crippen LogP contribution in [-0.4, -0.2) is 36.7 Å². The molecule has 6 heteroatoms. The van der Waals surface area contributed by atoms with Crippen molar-refractivity contribution in [2.24, 2.45) is 0 Å². The van der Waals surface area contributed by atoms with Crippen LogP contribution in [0.25, 0.3) is 11.0 Å². The lowest BCUT2D eigenvalue weighted by Gasteiger charge is -2.32. The van der Waals surface area contributed by atoms with Crippen LogP contribution in [0.5, 0.6) is 0 Å². The van der Waals surface area contributed by atoms with E-state index in [9.17, 15) is 9.59 Å². The first-order chi connectivity index (χ1) is 12.1. The maximum Gasteiger partial charge on any atom is 0.336 e. The van der Waals surface area contributed by atoms with Crippen LogP contribution in [0.4, 0.5) is 10.5 Å². The predicted octanol–water partition coefficient (Wildman–Crippen LogP) is 3.52. The van der Waals surface area contributed by atoms with Gasteiger partial charge < -0.3 is 19.4 Å². The number of aryl methyl sites for hydroxylation is 1. The van der Waals surface area contributed by atoms with Gasteiger partial charge in [0, 0.05) is 42.9 Å². The standard InChI is InChI=1S/C19H24N2O4/c1-3-9-24-15-5-4-8-21(12-15)19(23)20-14-6-7-16-13(2)10-18(22)25-17(16)11-14/h6-7,10-11,15H,3-5,8-9,12H2,1-2H3,(H,20,23). The quantitative estimate of drug-likeness (QED) is 0.861. The Morgan fingerprint density at radius 2 is 2.24 bits per heavy atom. The number of benzene rings is 1. The molecule has 6 nitrogen and oxygen atoms in total. The van der Waals surface area contributed by atoms with Crippen molar-refractivity contribution in [2.45, 2.75) is 39.2 Å². The molecular formula is C19H24N2O4. The molecule has 25 heavy (non-hydrogen) atoms. The molecule has 1 saturated heterocycles. The summed E-state index contributed by atoms with van der Waals surface area (Å²) in [6.07, 6.45) is 3.01. The second-order valence-corrected chi connectivity index (χ2v) is 6.47. The Kier molecular flexibility index (Phi) is 5.38. The lowest BCUT2D eigenvalue weighted by atomic mass is 10.1. The van der Waals surface area contributed by atoms with Crippen molar-refractivity contribution in [3.05, 3.63) is 40.2 Å². The molecule has 1 aromatic carbocycles. The Balaban J connectivity index is 1.70. The molecule has 1 fully saturated rings. The third-order valence-electron chi connectivity index (χ3n) is 4.43. The second kappa shape index (κ2) is 7.70. The molecule has 0 saturated carbocycles. The van der Waals surface area contributed by atoms with E-state index in [0.29, 0.717) is 17.8 Å². The van der Waals surface area contributed by atoms with Gasteiger partial charge in [0.1, 0.15) is 5.58 Å². The Bertz CT molecular complexity index is 815. The van der Waals surface area contributed by atoms with E-state index in [1.165, 1.54) is 6.07 Å². The molecule has 0 spiro atoms. The van der Waals surface area contributed by atoms with Gasteiger partial charge in [0.15, 0.2) is 0 Å². The molecule has 0 aliphatic carbocycles. The summed E-state index contributed by atoms with van der Waals surface area (Å²) >= 11 is 0. The number of amides is 2. The average Bonchev–Trinajstić information content (AvgIpc) is 2.59. The van der Waals surface area contributed by atoms with E-state index in [0.717, 1.165) is 43.4 Å². The van der Waals surface area contributed by atoms with Crippen molar-refractivity contribution in [3.63, 3.8) is 0 Å². The Labute approximate surface area is 146 Å². The summed E-state index contributed by atoms with van der Waals surface area (Å²) in [5.41, 5.74) is 1.56. The number of urea groups is 1. The van der Waals surface area contributed by atoms with E-state index in [1.807, 2.05) is 19.1 Å². The number of anilines is 1. The highest BCUT2D eigenvalue weighted by atomic mass is 16.5. The Hall–Kier alpha value is -2.34. The number of carbonyl (C=O) groups excluding carboxylic acids is 1. The molecule has 2 aromatic rings. The fourth-order valence-electron chi connectivity index (χ4n) is 3.15. The number of hydrogen-bond donors (Lipinski definition) is 1. The zero-order valence-electron chi connectivity index (χ0n) is 14.7. The number of fused-ring (bicyclic) bond motifs is 1. The molecule has 0 radical (unpaired) electrons. The lowest BCUT2D eigenvalue weighted by molar-refractivity contribution is 0.0115. The number of piperidine rings is 1. The van der Waals surface area contributed by atoms with E-state index >= 15 is 0 Å². The van der Waals surface area contributed by atoms with Crippen LogP contribution in [0.15, 0.2) is 33.5 Å². The maximum atomic E-state index is 12.5. The summed E-state index contributed by atoms with van der Waals surface area (Å²) in [6, 6.07) is 6.68. The van der Waals surface area contributed by atoms with Crippen molar-refractivity contribution < 1.29 is 13.9 Å². The summed E-state index contributed by atoms with van der Waals surface area (Å²) in [5, 5.41) is 3.75. The van der Waals surface area contributed by atoms with Gasteiger partial charge >= 0.3 is 11.7 Å². The molecule has 0 bridgehead atoms. The van der Waals surface area contributed by atoms with Crippen LogP contribution in [0, 0.1) is 6.92 Å². The summed E-state index contributed by atoms with van der Waals surface area (Å²) in [5.74, 6) is 0. The lowest BCUT2D eigenvalue weighted by Crippen LogP contribution is -2.45. The van der Waals surface area contributed by atoms with Crippen molar-refractivity contribution in [1.29, 1.82) is 0 Å². The number of carbonyl (C=O) groups is 1. The fraction of sp³-hybridized carbons (Fsp3) is 0.474. The van der Waals surface area contributed by atoms with Crippen LogP contribution in [0.3, 0.4) is 0 Å². The van der Waals surface area contributed by atoms with Crippen LogP contribution >= 0.6 is 0 Å². The van der Waals surface area contributed by atoms with Crippen LogP contribution in [-0.2, 0) is 4.74 Å². The summed E-state index contributed by atoms with van der Waals surface area (Å²) < 4.78 is 11.0. The van der Waals surface area contributed by atoms with Gasteiger partial charge in [-0.25, -0.2) is 9.59 Å². The van der Waals surface area contributed by atoms with E-state index in [1.54, 1.807) is 11.0 Å². The molecular weight excluding hydrogens is 320 g/mol. The summed E-state index contributed by atoms with van der Waals surface area (Å²) in [6.45, 7) is 5.99. The van der Waals surface area contributed by atoms with E-state index < -0.39 is 0 Å². The van der Waals surface area contributed by atoms with Gasteiger partial charge in [0.25, 0.3) is 0 Å². The molecule has 1 atom stereocenters. The highest BCUT2D eigenvalue weighted by Gasteiger charge is 2.24. The van der Waals surface area contributed by atoms with Gasteiger partial charge in [-0.1, -0.05) is 6.92 Å². The first-order valence-electron chi connectivity index (χ1n) is 8.79. The number of nitrogens with zero attached hydrogens (tertiary/aromatic N) is 1. The van der Waals surface area contributed by atoms with Gasteiger partial charge in [-0.15, -0.1) is 0 Å². The van der Waals surface area contributed by atoms with Crippen LogP contribution < -0.4 is 10.9 Å². The van der Waals surface area contributed by atoms with Crippen molar-refractivity contribution in [1.82, 2.24) is 4.90 Å². The zero-order valence-corrected chi connectivity index (χ0v) is 14.7. The Morgan fingerprint density at radius 1 is 1.40 bits per heavy atom. The molecule has 1 aromatic heterocycles. The fourth-order valence-corrected chi connectivity index (χ4v) is 3.15. The molecule has 1 aliphatic rings. The van der Waals surface area contributed by atoms with E-state index in [-0.39, 0.29) is 17.8 Å². The normalized spacial score (nSPS) is 17.7. The molecule has 2 amide bonds. The second-order valence-electron chi connectivity index (χ2n) is 6.47.